The molecule has 108 valence electrons. The molecule has 0 radical (unpaired) electrons. The van der Waals surface area contributed by atoms with Gasteiger partial charge in [-0.1, -0.05) is 11.6 Å². The second-order valence-corrected chi connectivity index (χ2v) is 5.03. The van der Waals surface area contributed by atoms with Crippen LogP contribution in [0.2, 0.25) is 5.02 Å². The molecule has 2 N–H and O–H groups in total. The maximum atomic E-state index is 13.0. The van der Waals surface area contributed by atoms with Gasteiger partial charge in [-0.2, -0.15) is 0 Å². The summed E-state index contributed by atoms with van der Waals surface area (Å²) in [6.07, 6.45) is 1.64. The van der Waals surface area contributed by atoms with E-state index in [1.165, 1.54) is 17.0 Å². The molecule has 1 saturated carbocycles. The molecule has 2 rings (SSSR count). The highest BCUT2D eigenvalue weighted by molar-refractivity contribution is 6.31. The number of hydrogen-bond donors (Lipinski definition) is 2. The summed E-state index contributed by atoms with van der Waals surface area (Å²) in [5, 5.41) is 11.2. The van der Waals surface area contributed by atoms with Crippen LogP contribution in [0.4, 0.5) is 14.9 Å². The molecule has 5 nitrogen and oxygen atoms in total. The van der Waals surface area contributed by atoms with Crippen molar-refractivity contribution in [2.75, 3.05) is 11.9 Å². The number of halogens is 2. The van der Waals surface area contributed by atoms with Gasteiger partial charge in [-0.3, -0.25) is 4.79 Å². The number of anilines is 1. The average molecular weight is 301 g/mol. The summed E-state index contributed by atoms with van der Waals surface area (Å²) >= 11 is 5.64. The van der Waals surface area contributed by atoms with Gasteiger partial charge in [-0.25, -0.2) is 9.18 Å². The zero-order valence-corrected chi connectivity index (χ0v) is 11.4. The topological polar surface area (TPSA) is 69.6 Å². The number of benzene rings is 1. The second-order valence-electron chi connectivity index (χ2n) is 4.63. The Hall–Kier alpha value is -1.82. The lowest BCUT2D eigenvalue weighted by Gasteiger charge is -2.22. The van der Waals surface area contributed by atoms with Crippen molar-refractivity contribution in [2.24, 2.45) is 0 Å². The second kappa shape index (κ2) is 6.09. The highest BCUT2D eigenvalue weighted by Crippen LogP contribution is 2.28. The number of nitrogens with one attached hydrogen (secondary N) is 1. The van der Waals surface area contributed by atoms with Crippen LogP contribution in [0.1, 0.15) is 19.3 Å². The molecule has 0 spiro atoms. The molecule has 0 atom stereocenters. The molecule has 0 bridgehead atoms. The monoisotopic (exact) mass is 300 g/mol. The molecule has 1 fully saturated rings. The predicted molar refractivity (Wildman–Crippen MR) is 72.4 cm³/mol. The first-order chi connectivity index (χ1) is 9.47. The van der Waals surface area contributed by atoms with Crippen LogP contribution < -0.4 is 5.32 Å². The number of hydrogen-bond acceptors (Lipinski definition) is 2. The third-order valence-electron chi connectivity index (χ3n) is 2.99. The van der Waals surface area contributed by atoms with Gasteiger partial charge in [0.05, 0.1) is 11.4 Å². The number of nitrogens with zero attached hydrogens (tertiary/aromatic N) is 1. The molecule has 1 aliphatic carbocycles. The Labute approximate surface area is 120 Å². The van der Waals surface area contributed by atoms with E-state index in [-0.39, 0.29) is 24.0 Å². The highest BCUT2D eigenvalue weighted by atomic mass is 35.5. The Morgan fingerprint density at radius 1 is 1.45 bits per heavy atom. The zero-order valence-electron chi connectivity index (χ0n) is 10.6. The summed E-state index contributed by atoms with van der Waals surface area (Å²) in [5.74, 6) is -1.51. The lowest BCUT2D eigenvalue weighted by molar-refractivity contribution is -0.137. The lowest BCUT2D eigenvalue weighted by atomic mass is 10.3. The van der Waals surface area contributed by atoms with E-state index in [4.69, 9.17) is 16.7 Å². The molecule has 7 heteroatoms. The van der Waals surface area contributed by atoms with E-state index in [0.29, 0.717) is 5.69 Å². The van der Waals surface area contributed by atoms with Gasteiger partial charge in [0.15, 0.2) is 0 Å². The van der Waals surface area contributed by atoms with Crippen molar-refractivity contribution >= 4 is 29.3 Å². The predicted octanol–water partition coefficient (Wildman–Crippen LogP) is 2.95. The first-order valence-electron chi connectivity index (χ1n) is 6.22. The molecule has 1 aromatic carbocycles. The minimum absolute atomic E-state index is 0.0775. The lowest BCUT2D eigenvalue weighted by Crippen LogP contribution is -2.38. The maximum Gasteiger partial charge on any atom is 0.322 e. The normalized spacial score (nSPS) is 13.9. The summed E-state index contributed by atoms with van der Waals surface area (Å²) < 4.78 is 13.0. The van der Waals surface area contributed by atoms with Crippen molar-refractivity contribution in [3.05, 3.63) is 29.0 Å². The molecule has 0 unspecified atom stereocenters. The van der Waals surface area contributed by atoms with Crippen molar-refractivity contribution < 1.29 is 19.1 Å². The van der Waals surface area contributed by atoms with Crippen LogP contribution in [0.15, 0.2) is 18.2 Å². The van der Waals surface area contributed by atoms with Crippen LogP contribution >= 0.6 is 11.6 Å². The minimum atomic E-state index is -0.951. The van der Waals surface area contributed by atoms with Crippen molar-refractivity contribution in [1.29, 1.82) is 0 Å². The standard InChI is InChI=1S/C13H14ClFN2O3/c14-10-7-8(1-4-11(10)15)16-13(20)17(9-2-3-9)6-5-12(18)19/h1,4,7,9H,2-3,5-6H2,(H,16,20)(H,18,19). The summed E-state index contributed by atoms with van der Waals surface area (Å²) in [4.78, 5) is 24.2. The Kier molecular flexibility index (Phi) is 4.44. The zero-order chi connectivity index (χ0) is 14.7. The van der Waals surface area contributed by atoms with Gasteiger partial charge in [0.25, 0.3) is 0 Å². The fourth-order valence-corrected chi connectivity index (χ4v) is 2.00. The number of carbonyl (C=O) groups excluding carboxylic acids is 1. The minimum Gasteiger partial charge on any atom is -0.481 e. The van der Waals surface area contributed by atoms with E-state index in [1.54, 1.807) is 0 Å². The van der Waals surface area contributed by atoms with Crippen molar-refractivity contribution in [2.45, 2.75) is 25.3 Å². The molecule has 1 aromatic rings. The van der Waals surface area contributed by atoms with Gasteiger partial charge in [-0.05, 0) is 31.0 Å². The highest BCUT2D eigenvalue weighted by Gasteiger charge is 2.32. The van der Waals surface area contributed by atoms with Crippen LogP contribution in [0.3, 0.4) is 0 Å². The molecular formula is C13H14ClFN2O3. The number of amides is 2. The third-order valence-corrected chi connectivity index (χ3v) is 3.28. The number of urea groups is 1. The van der Waals surface area contributed by atoms with Crippen LogP contribution in [-0.4, -0.2) is 34.6 Å². The quantitative estimate of drug-likeness (QED) is 0.878. The Morgan fingerprint density at radius 2 is 2.15 bits per heavy atom. The Bertz CT molecular complexity index is 534. The maximum absolute atomic E-state index is 13.0. The number of carboxylic acid groups (broad SMARTS) is 1. The van der Waals surface area contributed by atoms with Crippen LogP contribution in [0, 0.1) is 5.82 Å². The fourth-order valence-electron chi connectivity index (χ4n) is 1.82. The van der Waals surface area contributed by atoms with Gasteiger partial charge in [0.2, 0.25) is 0 Å². The number of carbonyl (C=O) groups is 2. The van der Waals surface area contributed by atoms with Crippen molar-refractivity contribution in [3.8, 4) is 0 Å². The van der Waals surface area contributed by atoms with E-state index < -0.39 is 17.8 Å². The summed E-state index contributed by atoms with van der Waals surface area (Å²) in [7, 11) is 0. The molecule has 0 aliphatic heterocycles. The smallest absolute Gasteiger partial charge is 0.322 e. The summed E-state index contributed by atoms with van der Waals surface area (Å²) in [5.41, 5.74) is 0.377. The van der Waals surface area contributed by atoms with Crippen LogP contribution in [0.25, 0.3) is 0 Å². The largest absolute Gasteiger partial charge is 0.481 e. The van der Waals surface area contributed by atoms with E-state index in [2.05, 4.69) is 5.32 Å². The van der Waals surface area contributed by atoms with Crippen LogP contribution in [0.5, 0.6) is 0 Å². The summed E-state index contributed by atoms with van der Waals surface area (Å²) in [6.45, 7) is 0.154. The SMILES string of the molecule is O=C(O)CCN(C(=O)Nc1ccc(F)c(Cl)c1)C1CC1. The van der Waals surface area contributed by atoms with Gasteiger partial charge in [-0.15, -0.1) is 0 Å². The van der Waals surface area contributed by atoms with Crippen molar-refractivity contribution in [3.63, 3.8) is 0 Å². The van der Waals surface area contributed by atoms with Gasteiger partial charge >= 0.3 is 12.0 Å². The van der Waals surface area contributed by atoms with E-state index in [1.807, 2.05) is 0 Å². The molecular weight excluding hydrogens is 287 g/mol. The van der Waals surface area contributed by atoms with Gasteiger partial charge in [0, 0.05) is 18.3 Å². The molecule has 0 aromatic heterocycles. The van der Waals surface area contributed by atoms with Gasteiger partial charge < -0.3 is 15.3 Å². The first kappa shape index (κ1) is 14.6. The average Bonchev–Trinajstić information content (AvgIpc) is 3.18. The number of rotatable bonds is 5. The van der Waals surface area contributed by atoms with Gasteiger partial charge in [0.1, 0.15) is 5.82 Å². The number of aliphatic carboxylic acids is 1. The van der Waals surface area contributed by atoms with E-state index in [0.717, 1.165) is 18.9 Å². The van der Waals surface area contributed by atoms with E-state index in [9.17, 15) is 14.0 Å². The van der Waals surface area contributed by atoms with E-state index >= 15 is 0 Å². The number of carboxylic acids is 1. The summed E-state index contributed by atoms with van der Waals surface area (Å²) in [6, 6.07) is 3.58. The first-order valence-corrected chi connectivity index (χ1v) is 6.59. The third kappa shape index (κ3) is 3.84. The molecule has 20 heavy (non-hydrogen) atoms. The fraction of sp³-hybridized carbons (Fsp3) is 0.385. The molecule has 0 saturated heterocycles. The van der Waals surface area contributed by atoms with Crippen molar-refractivity contribution in [1.82, 2.24) is 4.90 Å². The van der Waals surface area contributed by atoms with Crippen LogP contribution in [-0.2, 0) is 4.79 Å². The molecule has 1 aliphatic rings. The Morgan fingerprint density at radius 3 is 2.70 bits per heavy atom. The Balaban J connectivity index is 2.00. The molecule has 2 amide bonds. The molecule has 0 heterocycles.